The number of nitrogens with zero attached hydrogens (tertiary/aromatic N) is 1. The zero-order chi connectivity index (χ0) is 17.3. The SMILES string of the molecule is CCCCCCCCCCCCCC[P+]([O-])=N[C@@H](CO)C(=O)O. The molecule has 2 atom stereocenters. The molecule has 0 saturated carbocycles. The molecule has 0 spiro atoms. The molecule has 6 heteroatoms. The van der Waals surface area contributed by atoms with Gasteiger partial charge in [0.05, 0.1) is 6.61 Å². The Balaban J connectivity index is 3.42. The Labute approximate surface area is 142 Å². The Kier molecular flexibility index (Phi) is 16.0. The van der Waals surface area contributed by atoms with Gasteiger partial charge >= 0.3 is 5.97 Å². The van der Waals surface area contributed by atoms with Crippen molar-refractivity contribution in [3.63, 3.8) is 0 Å². The lowest BCUT2D eigenvalue weighted by Crippen LogP contribution is -2.21. The van der Waals surface area contributed by atoms with E-state index >= 15 is 0 Å². The van der Waals surface area contributed by atoms with Crippen LogP contribution in [0.15, 0.2) is 4.74 Å². The first kappa shape index (κ1) is 22.5. The summed E-state index contributed by atoms with van der Waals surface area (Å²) in [7, 11) is -1.86. The summed E-state index contributed by atoms with van der Waals surface area (Å²) in [6.07, 6.45) is 15.3. The molecule has 0 radical (unpaired) electrons. The van der Waals surface area contributed by atoms with Crippen molar-refractivity contribution in [1.29, 1.82) is 0 Å². The fourth-order valence-corrected chi connectivity index (χ4v) is 3.56. The molecule has 0 aromatic heterocycles. The van der Waals surface area contributed by atoms with Crippen molar-refractivity contribution < 1.29 is 19.9 Å². The number of aliphatic hydroxyl groups excluding tert-OH is 1. The number of carboxylic acids is 1. The van der Waals surface area contributed by atoms with Gasteiger partial charge in [-0.2, -0.15) is 0 Å². The van der Waals surface area contributed by atoms with Gasteiger partial charge in [0.15, 0.2) is 7.94 Å². The molecule has 0 aliphatic rings. The third-order valence-corrected chi connectivity index (χ3v) is 5.16. The molecule has 0 saturated heterocycles. The fraction of sp³-hybridized carbons (Fsp3) is 0.941. The maximum atomic E-state index is 11.6. The zero-order valence-corrected chi connectivity index (χ0v) is 15.5. The van der Waals surface area contributed by atoms with Gasteiger partial charge in [-0.15, -0.1) is 0 Å². The van der Waals surface area contributed by atoms with E-state index in [1.165, 1.54) is 57.8 Å². The molecule has 2 N–H and O–H groups in total. The molecule has 0 heterocycles. The van der Waals surface area contributed by atoms with E-state index in [9.17, 15) is 9.69 Å². The van der Waals surface area contributed by atoms with Crippen LogP contribution >= 0.6 is 7.94 Å². The summed E-state index contributed by atoms with van der Waals surface area (Å²) < 4.78 is 3.64. The molecule has 0 fully saturated rings. The van der Waals surface area contributed by atoms with Gasteiger partial charge in [0.2, 0.25) is 6.04 Å². The average molecular weight is 347 g/mol. The van der Waals surface area contributed by atoms with Gasteiger partial charge in [0.1, 0.15) is 6.16 Å². The summed E-state index contributed by atoms with van der Waals surface area (Å²) in [6.45, 7) is 1.65. The Bertz CT molecular complexity index is 324. The highest BCUT2D eigenvalue weighted by atomic mass is 31.1. The van der Waals surface area contributed by atoms with Crippen molar-refractivity contribution in [3.8, 4) is 0 Å². The second-order valence-corrected chi connectivity index (χ2v) is 7.50. The van der Waals surface area contributed by atoms with Crippen LogP contribution in [0.5, 0.6) is 0 Å². The second-order valence-electron chi connectivity index (χ2n) is 6.12. The number of hydrogen-bond donors (Lipinski definition) is 2. The predicted molar refractivity (Wildman–Crippen MR) is 93.8 cm³/mol. The Morgan fingerprint density at radius 1 is 0.957 bits per heavy atom. The van der Waals surface area contributed by atoms with Crippen molar-refractivity contribution in [2.75, 3.05) is 12.8 Å². The van der Waals surface area contributed by atoms with Gasteiger partial charge in [0, 0.05) is 0 Å². The van der Waals surface area contributed by atoms with E-state index in [1.807, 2.05) is 0 Å². The van der Waals surface area contributed by atoms with Gasteiger partial charge in [-0.05, 0) is 12.8 Å². The third-order valence-electron chi connectivity index (χ3n) is 3.93. The van der Waals surface area contributed by atoms with Crippen molar-refractivity contribution in [3.05, 3.63) is 0 Å². The Hall–Kier alpha value is -0.510. The summed E-state index contributed by atoms with van der Waals surface area (Å²) in [5.41, 5.74) is 0. The lowest BCUT2D eigenvalue weighted by molar-refractivity contribution is -0.157. The van der Waals surface area contributed by atoms with Crippen LogP contribution in [0.1, 0.15) is 84.0 Å². The van der Waals surface area contributed by atoms with Crippen LogP contribution < -0.4 is 4.89 Å². The van der Waals surface area contributed by atoms with Crippen LogP contribution in [0, 0.1) is 0 Å². The van der Waals surface area contributed by atoms with Crippen LogP contribution in [0.4, 0.5) is 0 Å². The van der Waals surface area contributed by atoms with Crippen molar-refractivity contribution in [2.45, 2.75) is 90.0 Å². The number of aliphatic carboxylic acids is 1. The van der Waals surface area contributed by atoms with E-state index < -0.39 is 26.6 Å². The molecular formula is C17H34NO4P. The highest BCUT2D eigenvalue weighted by Gasteiger charge is 2.18. The molecule has 0 amide bonds. The molecule has 0 aliphatic carbocycles. The molecule has 1 unspecified atom stereocenters. The molecule has 0 rings (SSSR count). The molecule has 0 aliphatic heterocycles. The molecule has 0 aromatic rings. The van der Waals surface area contributed by atoms with Crippen LogP contribution in [0.25, 0.3) is 0 Å². The monoisotopic (exact) mass is 347 g/mol. The summed E-state index contributed by atoms with van der Waals surface area (Å²) in [5.74, 6) is -1.22. The van der Waals surface area contributed by atoms with E-state index in [-0.39, 0.29) is 0 Å². The normalized spacial score (nSPS) is 13.3. The van der Waals surface area contributed by atoms with E-state index in [0.29, 0.717) is 6.16 Å². The van der Waals surface area contributed by atoms with Gasteiger partial charge in [0.25, 0.3) is 0 Å². The number of rotatable bonds is 16. The molecule has 0 bridgehead atoms. The van der Waals surface area contributed by atoms with Crippen LogP contribution in [0.3, 0.4) is 0 Å². The smallest absolute Gasteiger partial charge is 0.335 e. The maximum Gasteiger partial charge on any atom is 0.335 e. The highest BCUT2D eigenvalue weighted by Crippen LogP contribution is 2.20. The molecule has 5 nitrogen and oxygen atoms in total. The Morgan fingerprint density at radius 3 is 1.78 bits per heavy atom. The minimum absolute atomic E-state index is 0.427. The summed E-state index contributed by atoms with van der Waals surface area (Å²) in [4.78, 5) is 22.3. The Morgan fingerprint density at radius 2 is 1.39 bits per heavy atom. The van der Waals surface area contributed by atoms with E-state index in [2.05, 4.69) is 11.7 Å². The number of carboxylic acid groups (broad SMARTS) is 1. The first-order chi connectivity index (χ1) is 11.1. The average Bonchev–Trinajstić information content (AvgIpc) is 2.53. The molecular weight excluding hydrogens is 313 g/mol. The van der Waals surface area contributed by atoms with Gasteiger partial charge in [-0.1, -0.05) is 75.9 Å². The number of unbranched alkanes of at least 4 members (excludes halogenated alkanes) is 11. The van der Waals surface area contributed by atoms with Gasteiger partial charge < -0.3 is 15.1 Å². The van der Waals surface area contributed by atoms with Crippen LogP contribution in [0.2, 0.25) is 0 Å². The number of carbonyl (C=O) groups is 1. The zero-order valence-electron chi connectivity index (χ0n) is 14.6. The standard InChI is InChI=1S/C17H34NO4P/c1-2-3-4-5-6-7-8-9-10-11-12-13-14-23(22)18-16(15-19)17(20)21/h16,19H,2-15H2,1H3,(H,20,21)/t16-/m0/s1. The third kappa shape index (κ3) is 14.8. The molecule has 136 valence electrons. The predicted octanol–water partition coefficient (Wildman–Crippen LogP) is 4.07. The lowest BCUT2D eigenvalue weighted by atomic mass is 10.1. The van der Waals surface area contributed by atoms with Crippen LogP contribution in [-0.2, 0) is 4.79 Å². The number of hydrogen-bond acceptors (Lipinski definition) is 4. The summed E-state index contributed by atoms with van der Waals surface area (Å²) in [6, 6.07) is -1.24. The first-order valence-corrected chi connectivity index (χ1v) is 10.5. The van der Waals surface area contributed by atoms with Crippen molar-refractivity contribution in [1.82, 2.24) is 0 Å². The second kappa shape index (κ2) is 16.4. The van der Waals surface area contributed by atoms with Crippen LogP contribution in [-0.4, -0.2) is 35.0 Å². The van der Waals surface area contributed by atoms with Crippen molar-refractivity contribution >= 4 is 13.9 Å². The highest BCUT2D eigenvalue weighted by molar-refractivity contribution is 7.39. The molecule has 23 heavy (non-hydrogen) atoms. The number of aliphatic hydroxyl groups is 1. The van der Waals surface area contributed by atoms with Gasteiger partial charge in [-0.25, -0.2) is 4.79 Å². The van der Waals surface area contributed by atoms with E-state index in [0.717, 1.165) is 19.3 Å². The summed E-state index contributed by atoms with van der Waals surface area (Å²) >= 11 is 0. The van der Waals surface area contributed by atoms with E-state index in [1.54, 1.807) is 0 Å². The minimum Gasteiger partial charge on any atom is -0.612 e. The maximum absolute atomic E-state index is 11.6. The largest absolute Gasteiger partial charge is 0.612 e. The quantitative estimate of drug-likeness (QED) is 0.325. The van der Waals surface area contributed by atoms with Gasteiger partial charge in [-0.3, -0.25) is 0 Å². The van der Waals surface area contributed by atoms with E-state index in [4.69, 9.17) is 10.2 Å². The van der Waals surface area contributed by atoms with Crippen molar-refractivity contribution in [2.24, 2.45) is 4.74 Å². The molecule has 0 aromatic carbocycles. The fourth-order valence-electron chi connectivity index (χ4n) is 2.47. The first-order valence-electron chi connectivity index (χ1n) is 9.10. The lowest BCUT2D eigenvalue weighted by Gasteiger charge is -2.03. The topological polar surface area (TPSA) is 93.0 Å². The summed E-state index contributed by atoms with van der Waals surface area (Å²) in [5, 5.41) is 17.5. The minimum atomic E-state index is -1.86.